The zero-order valence-corrected chi connectivity index (χ0v) is 12.2. The van der Waals surface area contributed by atoms with Crippen LogP contribution in [0.2, 0.25) is 0 Å². The second-order valence-corrected chi connectivity index (χ2v) is 5.72. The van der Waals surface area contributed by atoms with Gasteiger partial charge in [0.25, 0.3) is 0 Å². The molecule has 18 heavy (non-hydrogen) atoms. The van der Waals surface area contributed by atoms with Crippen molar-refractivity contribution in [3.05, 3.63) is 50.4 Å². The number of ketones is 2. The van der Waals surface area contributed by atoms with Crippen molar-refractivity contribution in [3.8, 4) is 0 Å². The van der Waals surface area contributed by atoms with E-state index in [1.807, 2.05) is 24.3 Å². The van der Waals surface area contributed by atoms with Gasteiger partial charge in [0.2, 0.25) is 11.6 Å². The highest BCUT2D eigenvalue weighted by molar-refractivity contribution is 9.11. The summed E-state index contributed by atoms with van der Waals surface area (Å²) in [5.41, 5.74) is 1.23. The number of hydrogen-bond acceptors (Lipinski definition) is 2. The van der Waals surface area contributed by atoms with Crippen molar-refractivity contribution in [2.45, 2.75) is 0 Å². The molecule has 0 saturated heterocycles. The molecule has 0 heterocycles. The molecule has 0 radical (unpaired) electrons. The molecule has 0 bridgehead atoms. The molecule has 2 aromatic carbocycles. The summed E-state index contributed by atoms with van der Waals surface area (Å²) in [5, 5.41) is 1.97. The van der Waals surface area contributed by atoms with Gasteiger partial charge in [-0.05, 0) is 51.2 Å². The summed E-state index contributed by atoms with van der Waals surface area (Å²) < 4.78 is 1.57. The first-order valence-corrected chi connectivity index (χ1v) is 6.85. The Morgan fingerprint density at radius 3 is 2.50 bits per heavy atom. The third-order valence-corrected chi connectivity index (χ3v) is 4.24. The van der Waals surface area contributed by atoms with E-state index in [1.165, 1.54) is 6.08 Å². The minimum Gasteiger partial charge on any atom is -0.286 e. The topological polar surface area (TPSA) is 34.1 Å². The molecule has 0 spiro atoms. The van der Waals surface area contributed by atoms with Gasteiger partial charge in [-0.15, -0.1) is 0 Å². The number of benzene rings is 2. The number of hydrogen-bond donors (Lipinski definition) is 0. The van der Waals surface area contributed by atoms with Gasteiger partial charge >= 0.3 is 0 Å². The third kappa shape index (κ3) is 1.60. The summed E-state index contributed by atoms with van der Waals surface area (Å²) >= 11 is 6.86. The van der Waals surface area contributed by atoms with Crippen LogP contribution in [0.1, 0.15) is 15.9 Å². The SMILES string of the molecule is O=C1C=Cc2c(c(Br)cc3cccc(Br)c23)C1=O. The van der Waals surface area contributed by atoms with E-state index in [0.717, 1.165) is 20.8 Å². The molecule has 1 aliphatic rings. The van der Waals surface area contributed by atoms with Crippen molar-refractivity contribution >= 4 is 60.3 Å². The molecule has 0 aliphatic heterocycles. The maximum Gasteiger partial charge on any atom is 0.234 e. The van der Waals surface area contributed by atoms with Gasteiger partial charge in [0.1, 0.15) is 0 Å². The first-order chi connectivity index (χ1) is 8.59. The minimum atomic E-state index is -0.477. The minimum absolute atomic E-state index is 0.446. The van der Waals surface area contributed by atoms with Crippen molar-refractivity contribution in [1.29, 1.82) is 0 Å². The van der Waals surface area contributed by atoms with Crippen LogP contribution in [0.15, 0.2) is 39.3 Å². The quantitative estimate of drug-likeness (QED) is 0.657. The third-order valence-electron chi connectivity index (χ3n) is 2.96. The fraction of sp³-hybridized carbons (Fsp3) is 0. The second kappa shape index (κ2) is 4.14. The number of halogens is 2. The van der Waals surface area contributed by atoms with Gasteiger partial charge in [-0.3, -0.25) is 9.59 Å². The molecule has 2 nitrogen and oxygen atoms in total. The lowest BCUT2D eigenvalue weighted by Crippen LogP contribution is -2.17. The van der Waals surface area contributed by atoms with Crippen LogP contribution in [-0.4, -0.2) is 11.6 Å². The summed E-state index contributed by atoms with van der Waals surface area (Å²) in [7, 11) is 0. The Morgan fingerprint density at radius 1 is 0.944 bits per heavy atom. The number of carbonyl (C=O) groups excluding carboxylic acids is 2. The first kappa shape index (κ1) is 11.8. The van der Waals surface area contributed by atoms with Crippen LogP contribution in [-0.2, 0) is 4.79 Å². The zero-order chi connectivity index (χ0) is 12.9. The molecule has 0 saturated carbocycles. The summed E-state index contributed by atoms with van der Waals surface area (Å²) in [6.07, 6.45) is 3.03. The van der Waals surface area contributed by atoms with Gasteiger partial charge in [0, 0.05) is 19.9 Å². The molecule has 0 N–H and O–H groups in total. The second-order valence-electron chi connectivity index (χ2n) is 4.01. The van der Waals surface area contributed by atoms with Crippen molar-refractivity contribution in [2.75, 3.05) is 0 Å². The first-order valence-electron chi connectivity index (χ1n) is 5.27. The Bertz CT molecular complexity index is 745. The van der Waals surface area contributed by atoms with Crippen molar-refractivity contribution in [1.82, 2.24) is 0 Å². The molecular weight excluding hydrogens is 360 g/mol. The standard InChI is InChI=1S/C14H6Br2O2/c15-9-3-1-2-7-6-10(16)13-8(12(7)9)4-5-11(17)14(13)18/h1-6H. The lowest BCUT2D eigenvalue weighted by atomic mass is 9.91. The number of carbonyl (C=O) groups is 2. The number of Topliss-reactive ketones (excluding diaryl/α,β-unsaturated/α-hetero) is 1. The van der Waals surface area contributed by atoms with E-state index in [1.54, 1.807) is 6.08 Å². The number of allylic oxidation sites excluding steroid dienone is 1. The monoisotopic (exact) mass is 364 g/mol. The fourth-order valence-corrected chi connectivity index (χ4v) is 3.40. The maximum atomic E-state index is 11.9. The Kier molecular flexibility index (Phi) is 2.72. The van der Waals surface area contributed by atoms with E-state index in [9.17, 15) is 9.59 Å². The molecule has 0 aromatic heterocycles. The van der Waals surface area contributed by atoms with Crippen LogP contribution >= 0.6 is 31.9 Å². The Balaban J connectivity index is 2.53. The Morgan fingerprint density at radius 2 is 1.72 bits per heavy atom. The molecule has 4 heteroatoms. The lowest BCUT2D eigenvalue weighted by molar-refractivity contribution is -0.110. The van der Waals surface area contributed by atoms with Crippen LogP contribution in [0, 0.1) is 0 Å². The highest BCUT2D eigenvalue weighted by Crippen LogP contribution is 2.36. The van der Waals surface area contributed by atoms with E-state index in [0.29, 0.717) is 10.0 Å². The van der Waals surface area contributed by atoms with Crippen LogP contribution < -0.4 is 0 Å². The predicted molar refractivity (Wildman–Crippen MR) is 77.7 cm³/mol. The highest BCUT2D eigenvalue weighted by atomic mass is 79.9. The smallest absolute Gasteiger partial charge is 0.234 e. The number of fused-ring (bicyclic) bond motifs is 3. The molecule has 0 atom stereocenters. The molecule has 1 aliphatic carbocycles. The largest absolute Gasteiger partial charge is 0.286 e. The lowest BCUT2D eigenvalue weighted by Gasteiger charge is -2.14. The van der Waals surface area contributed by atoms with Gasteiger partial charge in [0.15, 0.2) is 0 Å². The Labute approximate surface area is 120 Å². The summed E-state index contributed by atoms with van der Waals surface area (Å²) in [4.78, 5) is 23.4. The maximum absolute atomic E-state index is 11.9. The summed E-state index contributed by atoms with van der Waals surface area (Å²) in [6.45, 7) is 0. The van der Waals surface area contributed by atoms with Gasteiger partial charge in [-0.2, -0.15) is 0 Å². The summed E-state index contributed by atoms with van der Waals surface area (Å²) in [5.74, 6) is -0.938. The van der Waals surface area contributed by atoms with Crippen molar-refractivity contribution in [2.24, 2.45) is 0 Å². The molecule has 0 fully saturated rings. The molecular formula is C14H6Br2O2. The molecule has 0 amide bonds. The van der Waals surface area contributed by atoms with Crippen molar-refractivity contribution < 1.29 is 9.59 Å². The van der Waals surface area contributed by atoms with E-state index in [4.69, 9.17) is 0 Å². The van der Waals surface area contributed by atoms with Gasteiger partial charge in [0.05, 0.1) is 0 Å². The molecule has 3 rings (SSSR count). The average Bonchev–Trinajstić information content (AvgIpc) is 2.33. The van der Waals surface area contributed by atoms with E-state index >= 15 is 0 Å². The molecule has 2 aromatic rings. The molecule has 88 valence electrons. The van der Waals surface area contributed by atoms with Gasteiger partial charge in [-0.25, -0.2) is 0 Å². The fourth-order valence-electron chi connectivity index (χ4n) is 2.16. The van der Waals surface area contributed by atoms with Gasteiger partial charge < -0.3 is 0 Å². The van der Waals surface area contributed by atoms with E-state index < -0.39 is 11.6 Å². The van der Waals surface area contributed by atoms with Gasteiger partial charge in [-0.1, -0.05) is 28.1 Å². The summed E-state index contributed by atoms with van der Waals surface area (Å²) in [6, 6.07) is 7.69. The van der Waals surface area contributed by atoms with E-state index in [2.05, 4.69) is 31.9 Å². The van der Waals surface area contributed by atoms with Crippen molar-refractivity contribution in [3.63, 3.8) is 0 Å². The Hall–Kier alpha value is -1.26. The highest BCUT2D eigenvalue weighted by Gasteiger charge is 2.25. The number of rotatable bonds is 0. The normalized spacial score (nSPS) is 14.1. The zero-order valence-electron chi connectivity index (χ0n) is 9.04. The average molecular weight is 366 g/mol. The van der Waals surface area contributed by atoms with E-state index in [-0.39, 0.29) is 0 Å². The van der Waals surface area contributed by atoms with Crippen LogP contribution in [0.3, 0.4) is 0 Å². The molecule has 0 unspecified atom stereocenters. The van der Waals surface area contributed by atoms with Crippen LogP contribution in [0.5, 0.6) is 0 Å². The van der Waals surface area contributed by atoms with Crippen LogP contribution in [0.4, 0.5) is 0 Å². The van der Waals surface area contributed by atoms with Crippen LogP contribution in [0.25, 0.3) is 16.8 Å². The predicted octanol–water partition coefficient (Wildman–Crippen LogP) is 4.14.